The summed E-state index contributed by atoms with van der Waals surface area (Å²) in [6.45, 7) is 7.12. The second-order valence-electron chi connectivity index (χ2n) is 5.90. The SMILES string of the molecule is CC1CN(C(=O)C(C)Nc2ccc(CC#N)cc2)CC(C)O1. The summed E-state index contributed by atoms with van der Waals surface area (Å²) in [4.78, 5) is 14.4. The van der Waals surface area contributed by atoms with Gasteiger partial charge in [-0.05, 0) is 38.5 Å². The predicted molar refractivity (Wildman–Crippen MR) is 85.4 cm³/mol. The molecule has 22 heavy (non-hydrogen) atoms. The molecule has 2 rings (SSSR count). The molecule has 1 aliphatic heterocycles. The highest BCUT2D eigenvalue weighted by molar-refractivity contribution is 5.84. The summed E-state index contributed by atoms with van der Waals surface area (Å²) in [6, 6.07) is 9.44. The lowest BCUT2D eigenvalue weighted by Gasteiger charge is -2.36. The quantitative estimate of drug-likeness (QED) is 0.926. The first kappa shape index (κ1) is 16.3. The van der Waals surface area contributed by atoms with Crippen LogP contribution < -0.4 is 5.32 Å². The number of anilines is 1. The van der Waals surface area contributed by atoms with E-state index in [0.717, 1.165) is 11.3 Å². The van der Waals surface area contributed by atoms with E-state index in [1.54, 1.807) is 0 Å². The Bertz CT molecular complexity index is 540. The van der Waals surface area contributed by atoms with Crippen LogP contribution >= 0.6 is 0 Å². The number of hydrogen-bond donors (Lipinski definition) is 1. The van der Waals surface area contributed by atoms with Crippen molar-refractivity contribution in [2.24, 2.45) is 0 Å². The third-order valence-corrected chi connectivity index (χ3v) is 3.72. The molecule has 0 spiro atoms. The Morgan fingerprint density at radius 1 is 1.36 bits per heavy atom. The minimum atomic E-state index is -0.292. The van der Waals surface area contributed by atoms with Gasteiger partial charge in [-0.25, -0.2) is 0 Å². The number of nitriles is 1. The predicted octanol–water partition coefficient (Wildman–Crippen LogP) is 2.19. The van der Waals surface area contributed by atoms with Gasteiger partial charge >= 0.3 is 0 Å². The number of hydrogen-bond acceptors (Lipinski definition) is 4. The van der Waals surface area contributed by atoms with E-state index in [4.69, 9.17) is 10.00 Å². The van der Waals surface area contributed by atoms with Gasteiger partial charge in [-0.2, -0.15) is 5.26 Å². The highest BCUT2D eigenvalue weighted by atomic mass is 16.5. The number of carbonyl (C=O) groups excluding carboxylic acids is 1. The molecular weight excluding hydrogens is 278 g/mol. The van der Waals surface area contributed by atoms with Crippen LogP contribution in [0.1, 0.15) is 26.3 Å². The van der Waals surface area contributed by atoms with Crippen LogP contribution in [0.5, 0.6) is 0 Å². The van der Waals surface area contributed by atoms with Crippen molar-refractivity contribution in [3.63, 3.8) is 0 Å². The van der Waals surface area contributed by atoms with E-state index in [0.29, 0.717) is 19.5 Å². The molecule has 1 aromatic carbocycles. The molecule has 0 radical (unpaired) electrons. The van der Waals surface area contributed by atoms with E-state index in [-0.39, 0.29) is 24.2 Å². The topological polar surface area (TPSA) is 65.4 Å². The first-order valence-corrected chi connectivity index (χ1v) is 7.66. The van der Waals surface area contributed by atoms with Crippen LogP contribution in [0.3, 0.4) is 0 Å². The monoisotopic (exact) mass is 301 g/mol. The Kier molecular flexibility index (Phi) is 5.40. The normalized spacial score (nSPS) is 22.7. The van der Waals surface area contributed by atoms with Gasteiger partial charge in [0.1, 0.15) is 6.04 Å². The summed E-state index contributed by atoms with van der Waals surface area (Å²) in [5.41, 5.74) is 1.86. The molecule has 1 aliphatic rings. The van der Waals surface area contributed by atoms with E-state index in [2.05, 4.69) is 11.4 Å². The molecule has 3 unspecified atom stereocenters. The van der Waals surface area contributed by atoms with E-state index < -0.39 is 0 Å². The van der Waals surface area contributed by atoms with E-state index in [1.807, 2.05) is 49.9 Å². The standard InChI is InChI=1S/C17H23N3O2/c1-12-10-20(11-13(2)22-12)17(21)14(3)19-16-6-4-15(5-7-16)8-9-18/h4-7,12-14,19H,8,10-11H2,1-3H3. The van der Waals surface area contributed by atoms with Crippen molar-refractivity contribution in [1.82, 2.24) is 4.90 Å². The molecule has 5 heteroatoms. The summed E-state index contributed by atoms with van der Waals surface area (Å²) in [7, 11) is 0. The van der Waals surface area contributed by atoms with Crippen LogP contribution in [0.2, 0.25) is 0 Å². The van der Waals surface area contributed by atoms with Crippen LogP contribution in [-0.2, 0) is 16.0 Å². The van der Waals surface area contributed by atoms with Crippen LogP contribution in [-0.4, -0.2) is 42.1 Å². The molecule has 1 amide bonds. The number of amides is 1. The zero-order chi connectivity index (χ0) is 16.1. The molecule has 1 saturated heterocycles. The molecule has 1 N–H and O–H groups in total. The van der Waals surface area contributed by atoms with Gasteiger partial charge in [-0.3, -0.25) is 4.79 Å². The molecule has 3 atom stereocenters. The van der Waals surface area contributed by atoms with Crippen molar-refractivity contribution in [1.29, 1.82) is 5.26 Å². The fraction of sp³-hybridized carbons (Fsp3) is 0.529. The molecule has 1 heterocycles. The molecule has 0 aliphatic carbocycles. The molecule has 118 valence electrons. The van der Waals surface area contributed by atoms with Gasteiger partial charge in [0.2, 0.25) is 5.91 Å². The van der Waals surface area contributed by atoms with Gasteiger partial charge in [0.25, 0.3) is 0 Å². The van der Waals surface area contributed by atoms with Crippen LogP contribution in [0, 0.1) is 11.3 Å². The van der Waals surface area contributed by atoms with Crippen LogP contribution in [0.25, 0.3) is 0 Å². The van der Waals surface area contributed by atoms with Crippen LogP contribution in [0.4, 0.5) is 5.69 Å². The second-order valence-corrected chi connectivity index (χ2v) is 5.90. The average Bonchev–Trinajstić information content (AvgIpc) is 2.47. The molecule has 0 saturated carbocycles. The van der Waals surface area contributed by atoms with Crippen molar-refractivity contribution >= 4 is 11.6 Å². The van der Waals surface area contributed by atoms with Crippen molar-refractivity contribution < 1.29 is 9.53 Å². The largest absolute Gasteiger partial charge is 0.374 e. The number of carbonyl (C=O) groups is 1. The van der Waals surface area contributed by atoms with E-state index in [9.17, 15) is 4.79 Å². The summed E-state index contributed by atoms with van der Waals surface area (Å²) in [6.07, 6.45) is 0.550. The van der Waals surface area contributed by atoms with Crippen molar-refractivity contribution in [3.8, 4) is 6.07 Å². The lowest BCUT2D eigenvalue weighted by Crippen LogP contribution is -2.52. The zero-order valence-corrected chi connectivity index (χ0v) is 13.4. The highest BCUT2D eigenvalue weighted by Gasteiger charge is 2.28. The maximum absolute atomic E-state index is 12.5. The van der Waals surface area contributed by atoms with E-state index >= 15 is 0 Å². The fourth-order valence-electron chi connectivity index (χ4n) is 2.75. The highest BCUT2D eigenvalue weighted by Crippen LogP contribution is 2.15. The first-order chi connectivity index (χ1) is 10.5. The first-order valence-electron chi connectivity index (χ1n) is 7.66. The van der Waals surface area contributed by atoms with Crippen molar-refractivity contribution in [2.75, 3.05) is 18.4 Å². The molecular formula is C17H23N3O2. The Morgan fingerprint density at radius 2 is 1.95 bits per heavy atom. The molecule has 0 bridgehead atoms. The van der Waals surface area contributed by atoms with Gasteiger partial charge in [-0.15, -0.1) is 0 Å². The number of benzene rings is 1. The molecule has 5 nitrogen and oxygen atoms in total. The van der Waals surface area contributed by atoms with Gasteiger partial charge in [0, 0.05) is 18.8 Å². The maximum Gasteiger partial charge on any atom is 0.244 e. The summed E-state index contributed by atoms with van der Waals surface area (Å²) in [5.74, 6) is 0.0862. The minimum Gasteiger partial charge on any atom is -0.374 e. The summed E-state index contributed by atoms with van der Waals surface area (Å²) >= 11 is 0. The zero-order valence-electron chi connectivity index (χ0n) is 13.4. The summed E-state index contributed by atoms with van der Waals surface area (Å²) in [5, 5.41) is 11.9. The van der Waals surface area contributed by atoms with Gasteiger partial charge in [-0.1, -0.05) is 12.1 Å². The molecule has 1 fully saturated rings. The van der Waals surface area contributed by atoms with Gasteiger partial charge < -0.3 is 15.0 Å². The Labute approximate surface area is 131 Å². The Balaban J connectivity index is 1.94. The number of morpholine rings is 1. The van der Waals surface area contributed by atoms with Crippen LogP contribution in [0.15, 0.2) is 24.3 Å². The third kappa shape index (κ3) is 4.22. The molecule has 1 aromatic rings. The second kappa shape index (κ2) is 7.28. The number of rotatable bonds is 4. The average molecular weight is 301 g/mol. The molecule has 0 aromatic heterocycles. The Hall–Kier alpha value is -2.06. The van der Waals surface area contributed by atoms with Crippen molar-refractivity contribution in [3.05, 3.63) is 29.8 Å². The van der Waals surface area contributed by atoms with Gasteiger partial charge in [0.15, 0.2) is 0 Å². The lowest BCUT2D eigenvalue weighted by molar-refractivity contribution is -0.143. The fourth-order valence-corrected chi connectivity index (χ4v) is 2.75. The van der Waals surface area contributed by atoms with E-state index in [1.165, 1.54) is 0 Å². The Morgan fingerprint density at radius 3 is 2.50 bits per heavy atom. The van der Waals surface area contributed by atoms with Crippen molar-refractivity contribution in [2.45, 2.75) is 45.4 Å². The minimum absolute atomic E-state index is 0.0742. The number of nitrogens with one attached hydrogen (secondary N) is 1. The number of nitrogens with zero attached hydrogens (tertiary/aromatic N) is 2. The summed E-state index contributed by atoms with van der Waals surface area (Å²) < 4.78 is 5.66. The smallest absolute Gasteiger partial charge is 0.244 e. The number of ether oxygens (including phenoxy) is 1. The lowest BCUT2D eigenvalue weighted by atomic mass is 10.1. The maximum atomic E-state index is 12.5. The van der Waals surface area contributed by atoms with Gasteiger partial charge in [0.05, 0.1) is 24.7 Å². The third-order valence-electron chi connectivity index (χ3n) is 3.72.